The van der Waals surface area contributed by atoms with Crippen molar-refractivity contribution in [1.29, 1.82) is 0 Å². The summed E-state index contributed by atoms with van der Waals surface area (Å²) in [5.74, 6) is -0.300. The summed E-state index contributed by atoms with van der Waals surface area (Å²) in [6.45, 7) is 2.80. The zero-order chi connectivity index (χ0) is 13.0. The molecule has 0 radical (unpaired) electrons. The third kappa shape index (κ3) is 3.37. The Morgan fingerprint density at radius 3 is 2.94 bits per heavy atom. The summed E-state index contributed by atoms with van der Waals surface area (Å²) in [6.07, 6.45) is 5.68. The second kappa shape index (κ2) is 5.73. The van der Waals surface area contributed by atoms with Gasteiger partial charge in [0.15, 0.2) is 0 Å². The van der Waals surface area contributed by atoms with E-state index in [1.54, 1.807) is 10.9 Å². The average Bonchev–Trinajstić information content (AvgIpc) is 2.75. The largest absolute Gasteiger partial charge is 0.310 e. The number of hydrogen-bond acceptors (Lipinski definition) is 3. The smallest absolute Gasteiger partial charge is 0.141 e. The summed E-state index contributed by atoms with van der Waals surface area (Å²) < 4.78 is 14.8. The van der Waals surface area contributed by atoms with Crippen LogP contribution < -0.4 is 5.32 Å². The van der Waals surface area contributed by atoms with Crippen LogP contribution in [0.3, 0.4) is 0 Å². The highest BCUT2D eigenvalue weighted by atomic mass is 19.1. The lowest BCUT2D eigenvalue weighted by molar-refractivity contribution is 0.559. The number of nitrogens with zero attached hydrogens (tertiary/aromatic N) is 3. The van der Waals surface area contributed by atoms with E-state index in [-0.39, 0.29) is 11.9 Å². The van der Waals surface area contributed by atoms with Crippen LogP contribution >= 0.6 is 0 Å². The molecular weight excluding hydrogens is 231 g/mol. The molecule has 18 heavy (non-hydrogen) atoms. The molecule has 0 saturated heterocycles. The Balaban J connectivity index is 1.83. The van der Waals surface area contributed by atoms with Gasteiger partial charge in [-0.1, -0.05) is 0 Å². The second-order valence-electron chi connectivity index (χ2n) is 4.34. The Bertz CT molecular complexity index is 509. The maximum absolute atomic E-state index is 13.0. The van der Waals surface area contributed by atoms with Crippen molar-refractivity contribution in [3.63, 3.8) is 0 Å². The zero-order valence-electron chi connectivity index (χ0n) is 10.6. The summed E-state index contributed by atoms with van der Waals surface area (Å²) in [4.78, 5) is 3.84. The van der Waals surface area contributed by atoms with Crippen molar-refractivity contribution in [2.75, 3.05) is 6.54 Å². The van der Waals surface area contributed by atoms with Crippen molar-refractivity contribution in [2.24, 2.45) is 7.05 Å². The molecule has 0 aliphatic carbocycles. The van der Waals surface area contributed by atoms with E-state index in [1.165, 1.54) is 12.3 Å². The van der Waals surface area contributed by atoms with E-state index in [0.29, 0.717) is 0 Å². The second-order valence-corrected chi connectivity index (χ2v) is 4.34. The molecule has 0 saturated carbocycles. The summed E-state index contributed by atoms with van der Waals surface area (Å²) in [6, 6.07) is 3.58. The molecular formula is C13H17FN4. The Labute approximate surface area is 106 Å². The normalized spacial score (nSPS) is 12.6. The Hall–Kier alpha value is -1.75. The fourth-order valence-electron chi connectivity index (χ4n) is 1.80. The number of rotatable bonds is 5. The number of aryl methyl sites for hydroxylation is 1. The minimum Gasteiger partial charge on any atom is -0.310 e. The summed E-state index contributed by atoms with van der Waals surface area (Å²) in [7, 11) is 1.90. The third-order valence-corrected chi connectivity index (χ3v) is 2.83. The quantitative estimate of drug-likeness (QED) is 0.878. The van der Waals surface area contributed by atoms with Gasteiger partial charge < -0.3 is 5.32 Å². The van der Waals surface area contributed by atoms with E-state index >= 15 is 0 Å². The topological polar surface area (TPSA) is 42.7 Å². The van der Waals surface area contributed by atoms with Gasteiger partial charge in [-0.05, 0) is 24.6 Å². The van der Waals surface area contributed by atoms with Gasteiger partial charge in [0.25, 0.3) is 0 Å². The molecule has 0 aliphatic rings. The average molecular weight is 248 g/mol. The first-order valence-electron chi connectivity index (χ1n) is 5.97. The van der Waals surface area contributed by atoms with Crippen molar-refractivity contribution in [1.82, 2.24) is 20.1 Å². The van der Waals surface area contributed by atoms with Gasteiger partial charge in [-0.25, -0.2) is 4.39 Å². The first-order chi connectivity index (χ1) is 8.65. The fraction of sp³-hybridized carbons (Fsp3) is 0.385. The SMILES string of the molecule is CC(NCCc1ccn(C)n1)c1cncc(F)c1. The molecule has 1 N–H and O–H groups in total. The first kappa shape index (κ1) is 12.7. The molecule has 0 aliphatic heterocycles. The van der Waals surface area contributed by atoms with Crippen LogP contribution in [-0.4, -0.2) is 21.3 Å². The molecule has 96 valence electrons. The van der Waals surface area contributed by atoms with Crippen LogP contribution in [0.25, 0.3) is 0 Å². The van der Waals surface area contributed by atoms with Crippen LogP contribution in [0.1, 0.15) is 24.2 Å². The van der Waals surface area contributed by atoms with E-state index in [9.17, 15) is 4.39 Å². The molecule has 2 rings (SSSR count). The maximum atomic E-state index is 13.0. The van der Waals surface area contributed by atoms with Crippen molar-refractivity contribution in [2.45, 2.75) is 19.4 Å². The van der Waals surface area contributed by atoms with Crippen LogP contribution in [-0.2, 0) is 13.5 Å². The van der Waals surface area contributed by atoms with Gasteiger partial charge >= 0.3 is 0 Å². The standard InChI is InChI=1S/C13H17FN4/c1-10(11-7-12(14)9-15-8-11)16-5-3-13-4-6-18(2)17-13/h4,6-10,16H,3,5H2,1-2H3. The van der Waals surface area contributed by atoms with Crippen molar-refractivity contribution in [3.05, 3.63) is 47.8 Å². The molecule has 1 unspecified atom stereocenters. The molecule has 1 atom stereocenters. The lowest BCUT2D eigenvalue weighted by atomic mass is 10.1. The predicted molar refractivity (Wildman–Crippen MR) is 67.5 cm³/mol. The molecule has 2 aromatic rings. The fourth-order valence-corrected chi connectivity index (χ4v) is 1.80. The van der Waals surface area contributed by atoms with Crippen molar-refractivity contribution in [3.8, 4) is 0 Å². The number of halogens is 1. The Morgan fingerprint density at radius 1 is 1.44 bits per heavy atom. The molecule has 0 spiro atoms. The highest BCUT2D eigenvalue weighted by Crippen LogP contribution is 2.11. The molecule has 5 heteroatoms. The van der Waals surface area contributed by atoms with Crippen molar-refractivity contribution >= 4 is 0 Å². The summed E-state index contributed by atoms with van der Waals surface area (Å²) >= 11 is 0. The molecule has 2 aromatic heterocycles. The van der Waals surface area contributed by atoms with E-state index in [1.807, 2.05) is 26.2 Å². The van der Waals surface area contributed by atoms with Crippen molar-refractivity contribution < 1.29 is 4.39 Å². The summed E-state index contributed by atoms with van der Waals surface area (Å²) in [5.41, 5.74) is 1.91. The van der Waals surface area contributed by atoms with E-state index in [2.05, 4.69) is 15.4 Å². The molecule has 0 fully saturated rings. The van der Waals surface area contributed by atoms with Crippen LogP contribution in [0.5, 0.6) is 0 Å². The molecule has 0 aromatic carbocycles. The first-order valence-corrected chi connectivity index (χ1v) is 5.97. The molecule has 0 amide bonds. The van der Waals surface area contributed by atoms with Crippen LogP contribution in [0.15, 0.2) is 30.7 Å². The maximum Gasteiger partial charge on any atom is 0.141 e. The number of hydrogen-bond donors (Lipinski definition) is 1. The van der Waals surface area contributed by atoms with E-state index in [0.717, 1.165) is 24.2 Å². The summed E-state index contributed by atoms with van der Waals surface area (Å²) in [5, 5.41) is 7.63. The highest BCUT2D eigenvalue weighted by molar-refractivity contribution is 5.14. The Kier molecular flexibility index (Phi) is 4.04. The van der Waals surface area contributed by atoms with Gasteiger partial charge in [0.2, 0.25) is 0 Å². The van der Waals surface area contributed by atoms with Crippen LogP contribution in [0, 0.1) is 5.82 Å². The highest BCUT2D eigenvalue weighted by Gasteiger charge is 2.06. The lowest BCUT2D eigenvalue weighted by Gasteiger charge is -2.13. The van der Waals surface area contributed by atoms with E-state index in [4.69, 9.17) is 0 Å². The third-order valence-electron chi connectivity index (χ3n) is 2.83. The van der Waals surface area contributed by atoms with Gasteiger partial charge in [-0.15, -0.1) is 0 Å². The minimum atomic E-state index is -0.300. The van der Waals surface area contributed by atoms with Gasteiger partial charge in [0.05, 0.1) is 11.9 Å². The van der Waals surface area contributed by atoms with E-state index < -0.39 is 0 Å². The van der Waals surface area contributed by atoms with Crippen LogP contribution in [0.4, 0.5) is 4.39 Å². The molecule has 2 heterocycles. The number of pyridine rings is 1. The van der Waals surface area contributed by atoms with Gasteiger partial charge in [0, 0.05) is 38.4 Å². The monoisotopic (exact) mass is 248 g/mol. The van der Waals surface area contributed by atoms with Gasteiger partial charge in [0.1, 0.15) is 5.82 Å². The lowest BCUT2D eigenvalue weighted by Crippen LogP contribution is -2.21. The van der Waals surface area contributed by atoms with Gasteiger partial charge in [-0.3, -0.25) is 9.67 Å². The molecule has 0 bridgehead atoms. The number of nitrogens with one attached hydrogen (secondary N) is 1. The predicted octanol–water partition coefficient (Wildman–Crippen LogP) is 1.85. The minimum absolute atomic E-state index is 0.0805. The number of aromatic nitrogens is 3. The zero-order valence-corrected chi connectivity index (χ0v) is 10.6. The van der Waals surface area contributed by atoms with Crippen LogP contribution in [0.2, 0.25) is 0 Å². The van der Waals surface area contributed by atoms with Gasteiger partial charge in [-0.2, -0.15) is 5.10 Å². The molecule has 4 nitrogen and oxygen atoms in total. The Morgan fingerprint density at radius 2 is 2.28 bits per heavy atom.